The molecule has 0 saturated heterocycles. The Hall–Kier alpha value is -5.64. The van der Waals surface area contributed by atoms with Crippen molar-refractivity contribution >= 4 is 70.5 Å². The van der Waals surface area contributed by atoms with Crippen molar-refractivity contribution < 1.29 is 4.42 Å². The number of nitrogens with zero attached hydrogens (tertiary/aromatic N) is 1. The summed E-state index contributed by atoms with van der Waals surface area (Å²) < 4.78 is 8.79. The fourth-order valence-electron chi connectivity index (χ4n) is 6.60. The quantitative estimate of drug-likeness (QED) is 0.197. The molecule has 9 rings (SSSR count). The highest BCUT2D eigenvalue weighted by Crippen LogP contribution is 2.49. The molecule has 0 fully saturated rings. The van der Waals surface area contributed by atoms with Gasteiger partial charge in [0.15, 0.2) is 0 Å². The lowest BCUT2D eigenvalue weighted by Crippen LogP contribution is -2.11. The second kappa shape index (κ2) is 10.5. The molecule has 0 atom stereocenters. The molecular formula is C42H27NOS. The van der Waals surface area contributed by atoms with Crippen LogP contribution in [0.15, 0.2) is 168 Å². The van der Waals surface area contributed by atoms with E-state index in [4.69, 9.17) is 4.42 Å². The number of furan rings is 1. The van der Waals surface area contributed by atoms with Gasteiger partial charge in [-0.2, -0.15) is 0 Å². The van der Waals surface area contributed by atoms with Crippen molar-refractivity contribution in [2.75, 3.05) is 4.90 Å². The van der Waals surface area contributed by atoms with Crippen molar-refractivity contribution in [3.63, 3.8) is 0 Å². The first-order valence-electron chi connectivity index (χ1n) is 15.2. The third kappa shape index (κ3) is 4.24. The molecule has 0 amide bonds. The van der Waals surface area contributed by atoms with Crippen LogP contribution in [0.5, 0.6) is 0 Å². The van der Waals surface area contributed by atoms with Gasteiger partial charge in [0.1, 0.15) is 11.2 Å². The number of hydrogen-bond acceptors (Lipinski definition) is 3. The van der Waals surface area contributed by atoms with Crippen molar-refractivity contribution in [1.29, 1.82) is 0 Å². The van der Waals surface area contributed by atoms with Crippen molar-refractivity contribution in [3.05, 3.63) is 164 Å². The van der Waals surface area contributed by atoms with E-state index in [-0.39, 0.29) is 0 Å². The van der Waals surface area contributed by atoms with Crippen LogP contribution in [-0.2, 0) is 0 Å². The van der Waals surface area contributed by atoms with Crippen LogP contribution in [0.3, 0.4) is 0 Å². The number of rotatable bonds is 5. The average Bonchev–Trinajstić information content (AvgIpc) is 3.69. The Morgan fingerprint density at radius 2 is 1.02 bits per heavy atom. The molecule has 7 aromatic carbocycles. The Bertz CT molecular complexity index is 2470. The summed E-state index contributed by atoms with van der Waals surface area (Å²) in [5.74, 6) is 0. The van der Waals surface area contributed by atoms with Gasteiger partial charge >= 0.3 is 0 Å². The van der Waals surface area contributed by atoms with Crippen molar-refractivity contribution in [3.8, 4) is 22.3 Å². The maximum absolute atomic E-state index is 6.28. The number of benzene rings is 7. The van der Waals surface area contributed by atoms with E-state index in [1.165, 1.54) is 47.8 Å². The van der Waals surface area contributed by atoms with E-state index in [0.717, 1.165) is 33.6 Å². The van der Waals surface area contributed by atoms with E-state index in [1.54, 1.807) is 0 Å². The molecule has 3 heteroatoms. The highest BCUT2D eigenvalue weighted by molar-refractivity contribution is 7.27. The molecule has 45 heavy (non-hydrogen) atoms. The van der Waals surface area contributed by atoms with E-state index < -0.39 is 0 Å². The van der Waals surface area contributed by atoms with Gasteiger partial charge in [0.25, 0.3) is 0 Å². The third-order valence-electron chi connectivity index (χ3n) is 8.69. The second-order valence-electron chi connectivity index (χ2n) is 11.3. The molecule has 0 radical (unpaired) electrons. The average molecular weight is 594 g/mol. The van der Waals surface area contributed by atoms with Gasteiger partial charge in [0, 0.05) is 37.5 Å². The number of para-hydroxylation sites is 2. The van der Waals surface area contributed by atoms with Crippen LogP contribution in [0.25, 0.3) is 64.4 Å². The molecular weight excluding hydrogens is 567 g/mol. The first-order chi connectivity index (χ1) is 22.3. The zero-order chi connectivity index (χ0) is 29.7. The first kappa shape index (κ1) is 25.8. The van der Waals surface area contributed by atoms with Crippen LogP contribution in [0, 0.1) is 0 Å². The summed E-state index contributed by atoms with van der Waals surface area (Å²) in [6.07, 6.45) is 0. The molecule has 212 valence electrons. The van der Waals surface area contributed by atoms with Crippen LogP contribution in [0.4, 0.5) is 17.1 Å². The van der Waals surface area contributed by atoms with Crippen LogP contribution >= 0.6 is 11.3 Å². The van der Waals surface area contributed by atoms with Crippen molar-refractivity contribution in [1.82, 2.24) is 0 Å². The minimum Gasteiger partial charge on any atom is -0.456 e. The molecule has 0 N–H and O–H groups in total. The zero-order valence-electron chi connectivity index (χ0n) is 24.4. The molecule has 0 spiro atoms. The lowest BCUT2D eigenvalue weighted by atomic mass is 10.0. The minimum absolute atomic E-state index is 0.926. The fraction of sp³-hybridized carbons (Fsp3) is 0. The maximum atomic E-state index is 6.28. The number of hydrogen-bond donors (Lipinski definition) is 0. The number of anilines is 3. The highest BCUT2D eigenvalue weighted by Gasteiger charge is 2.22. The van der Waals surface area contributed by atoms with Crippen LogP contribution in [0.2, 0.25) is 0 Å². The summed E-state index contributed by atoms with van der Waals surface area (Å²) in [7, 11) is 0. The molecule has 0 unspecified atom stereocenters. The summed E-state index contributed by atoms with van der Waals surface area (Å²) in [5.41, 5.74) is 10.1. The van der Waals surface area contributed by atoms with Gasteiger partial charge in [-0.05, 0) is 59.2 Å². The van der Waals surface area contributed by atoms with Crippen molar-refractivity contribution in [2.24, 2.45) is 0 Å². The topological polar surface area (TPSA) is 16.4 Å². The molecule has 2 nitrogen and oxygen atoms in total. The van der Waals surface area contributed by atoms with E-state index in [2.05, 4.69) is 163 Å². The summed E-state index contributed by atoms with van der Waals surface area (Å²) >= 11 is 1.85. The van der Waals surface area contributed by atoms with E-state index >= 15 is 0 Å². The van der Waals surface area contributed by atoms with Gasteiger partial charge in [-0.15, -0.1) is 11.3 Å². The largest absolute Gasteiger partial charge is 0.456 e. The van der Waals surface area contributed by atoms with E-state index in [0.29, 0.717) is 0 Å². The molecule has 0 bridgehead atoms. The van der Waals surface area contributed by atoms with Crippen LogP contribution < -0.4 is 4.90 Å². The fourth-order valence-corrected chi connectivity index (χ4v) is 7.95. The molecule has 0 aliphatic carbocycles. The Kier molecular flexibility index (Phi) is 6.03. The molecule has 2 heterocycles. The van der Waals surface area contributed by atoms with E-state index in [1.807, 2.05) is 17.4 Å². The standard InChI is InChI=1S/C42H27NOS/c1-3-12-28(13-4-1)29-22-24-31(25-23-29)43(36-19-9-7-16-32(36)30-14-5-2-6-15-30)37-20-11-18-33-34-26-27-39-40(42(34)45-41(33)37)35-17-8-10-21-38(35)44-39/h1-27H. The SMILES string of the molecule is c1ccc(-c2ccc(N(c3ccccc3-c3ccccc3)c3cccc4c3sc3c4ccc4oc5ccccc5c43)cc2)cc1. The van der Waals surface area contributed by atoms with Crippen LogP contribution in [-0.4, -0.2) is 0 Å². The predicted molar refractivity (Wildman–Crippen MR) is 192 cm³/mol. The van der Waals surface area contributed by atoms with Gasteiger partial charge in [0.2, 0.25) is 0 Å². The molecule has 2 aromatic heterocycles. The second-order valence-corrected chi connectivity index (χ2v) is 12.3. The van der Waals surface area contributed by atoms with Gasteiger partial charge in [0.05, 0.1) is 16.1 Å². The normalized spacial score (nSPS) is 11.6. The first-order valence-corrected chi connectivity index (χ1v) is 16.0. The van der Waals surface area contributed by atoms with Gasteiger partial charge in [-0.25, -0.2) is 0 Å². The van der Waals surface area contributed by atoms with Gasteiger partial charge < -0.3 is 9.32 Å². The van der Waals surface area contributed by atoms with Crippen molar-refractivity contribution in [2.45, 2.75) is 0 Å². The maximum Gasteiger partial charge on any atom is 0.136 e. The third-order valence-corrected chi connectivity index (χ3v) is 9.95. The Morgan fingerprint density at radius 1 is 0.400 bits per heavy atom. The van der Waals surface area contributed by atoms with Gasteiger partial charge in [-0.3, -0.25) is 0 Å². The smallest absolute Gasteiger partial charge is 0.136 e. The molecule has 0 saturated carbocycles. The monoisotopic (exact) mass is 593 g/mol. The highest BCUT2D eigenvalue weighted by atomic mass is 32.1. The predicted octanol–water partition coefficient (Wildman–Crippen LogP) is 12.8. The summed E-state index contributed by atoms with van der Waals surface area (Å²) in [6, 6.07) is 58.3. The number of fused-ring (bicyclic) bond motifs is 7. The van der Waals surface area contributed by atoms with E-state index in [9.17, 15) is 0 Å². The van der Waals surface area contributed by atoms with Gasteiger partial charge in [-0.1, -0.05) is 121 Å². The Labute approximate surface area is 265 Å². The lowest BCUT2D eigenvalue weighted by Gasteiger charge is -2.28. The Morgan fingerprint density at radius 3 is 1.84 bits per heavy atom. The minimum atomic E-state index is 0.926. The summed E-state index contributed by atoms with van der Waals surface area (Å²) in [6.45, 7) is 0. The molecule has 0 aliphatic rings. The Balaban J connectivity index is 1.31. The zero-order valence-corrected chi connectivity index (χ0v) is 25.2. The van der Waals surface area contributed by atoms with Crippen LogP contribution in [0.1, 0.15) is 0 Å². The lowest BCUT2D eigenvalue weighted by molar-refractivity contribution is 0.669. The summed E-state index contributed by atoms with van der Waals surface area (Å²) in [4.78, 5) is 2.43. The molecule has 0 aliphatic heterocycles. The number of thiophene rings is 1. The summed E-state index contributed by atoms with van der Waals surface area (Å²) in [5, 5.41) is 4.86. The molecule has 9 aromatic rings.